The number of anilines is 1. The third-order valence-corrected chi connectivity index (χ3v) is 5.38. The Bertz CT molecular complexity index is 1070. The molecule has 1 fully saturated rings. The molecule has 1 saturated heterocycles. The molecule has 4 rings (SSSR count). The van der Waals surface area contributed by atoms with Crippen LogP contribution in [0.4, 0.5) is 11.4 Å². The lowest BCUT2D eigenvalue weighted by atomic mass is 10.1. The van der Waals surface area contributed by atoms with Gasteiger partial charge in [-0.2, -0.15) is 0 Å². The van der Waals surface area contributed by atoms with Crippen molar-refractivity contribution in [2.45, 2.75) is 32.4 Å². The van der Waals surface area contributed by atoms with Crippen LogP contribution in [0, 0.1) is 10.1 Å². The van der Waals surface area contributed by atoms with E-state index in [9.17, 15) is 14.9 Å². The maximum absolute atomic E-state index is 12.5. The number of nitrogens with zero attached hydrogens (tertiary/aromatic N) is 2. The number of nitro benzene ring substituents is 1. The van der Waals surface area contributed by atoms with Gasteiger partial charge in [-0.25, -0.2) is 0 Å². The van der Waals surface area contributed by atoms with Crippen LogP contribution >= 0.6 is 0 Å². The number of furan rings is 1. The molecule has 0 aliphatic carbocycles. The fourth-order valence-corrected chi connectivity index (χ4v) is 3.72. The Hall–Kier alpha value is -3.65. The Balaban J connectivity index is 1.31. The number of carbonyl (C=O) groups is 1. The number of piperidine rings is 1. The molecule has 1 aromatic heterocycles. The van der Waals surface area contributed by atoms with E-state index in [0.717, 1.165) is 19.6 Å². The summed E-state index contributed by atoms with van der Waals surface area (Å²) in [6, 6.07) is 17.1. The quantitative estimate of drug-likeness (QED) is 0.395. The largest absolute Gasteiger partial charge is 0.479 e. The molecule has 32 heavy (non-hydrogen) atoms. The molecule has 1 aliphatic heterocycles. The molecule has 0 spiro atoms. The Labute approximate surface area is 185 Å². The van der Waals surface area contributed by atoms with Crippen LogP contribution in [0.2, 0.25) is 0 Å². The molecule has 0 atom stereocenters. The first-order valence-corrected chi connectivity index (χ1v) is 10.7. The van der Waals surface area contributed by atoms with Gasteiger partial charge in [-0.05, 0) is 61.8 Å². The minimum Gasteiger partial charge on any atom is -0.479 e. The van der Waals surface area contributed by atoms with Gasteiger partial charge in [0.2, 0.25) is 0 Å². The number of hydrogen-bond acceptors (Lipinski definition) is 6. The van der Waals surface area contributed by atoms with E-state index in [1.807, 2.05) is 24.3 Å². The Morgan fingerprint density at radius 2 is 1.78 bits per heavy atom. The maximum Gasteiger partial charge on any atom is 0.310 e. The smallest absolute Gasteiger partial charge is 0.310 e. The molecular weight excluding hydrogens is 410 g/mol. The van der Waals surface area contributed by atoms with Gasteiger partial charge in [-0.15, -0.1) is 0 Å². The minimum atomic E-state index is -0.506. The van der Waals surface area contributed by atoms with Gasteiger partial charge in [0.1, 0.15) is 12.4 Å². The van der Waals surface area contributed by atoms with Gasteiger partial charge in [0.15, 0.2) is 11.5 Å². The van der Waals surface area contributed by atoms with E-state index >= 15 is 0 Å². The molecule has 2 aromatic carbocycles. The number of benzene rings is 2. The van der Waals surface area contributed by atoms with E-state index in [4.69, 9.17) is 9.15 Å². The van der Waals surface area contributed by atoms with E-state index in [2.05, 4.69) is 10.2 Å². The number of hydrogen-bond donors (Lipinski definition) is 1. The van der Waals surface area contributed by atoms with E-state index < -0.39 is 4.92 Å². The second-order valence-electron chi connectivity index (χ2n) is 7.77. The first-order valence-electron chi connectivity index (χ1n) is 10.7. The van der Waals surface area contributed by atoms with Crippen molar-refractivity contribution >= 4 is 17.3 Å². The van der Waals surface area contributed by atoms with Crippen molar-refractivity contribution in [3.63, 3.8) is 0 Å². The second kappa shape index (κ2) is 10.1. The van der Waals surface area contributed by atoms with E-state index in [0.29, 0.717) is 11.4 Å². The summed E-state index contributed by atoms with van der Waals surface area (Å²) in [6.07, 6.45) is 3.83. The molecular formula is C24H25N3O5. The molecule has 0 bridgehead atoms. The normalized spacial score (nSPS) is 14.1. The number of para-hydroxylation sites is 2. The fourth-order valence-electron chi connectivity index (χ4n) is 3.72. The zero-order valence-electron chi connectivity index (χ0n) is 17.7. The third kappa shape index (κ3) is 5.53. The topological polar surface area (TPSA) is 97.9 Å². The van der Waals surface area contributed by atoms with Gasteiger partial charge < -0.3 is 14.5 Å². The summed E-state index contributed by atoms with van der Waals surface area (Å²) in [6.45, 7) is 3.18. The van der Waals surface area contributed by atoms with Crippen LogP contribution in [-0.2, 0) is 13.2 Å². The predicted molar refractivity (Wildman–Crippen MR) is 120 cm³/mol. The first-order chi connectivity index (χ1) is 15.6. The standard InChI is InChI=1S/C24H25N3O5/c28-24(25-19-10-8-18(9-11-19)16-26-14-4-1-5-15-26)23-13-12-20(32-23)17-31-22-7-3-2-6-21(22)27(29)30/h2-3,6-13H,1,4-5,14-17H2,(H,25,28). The Morgan fingerprint density at radius 1 is 1.03 bits per heavy atom. The monoisotopic (exact) mass is 435 g/mol. The van der Waals surface area contributed by atoms with Gasteiger partial charge in [0, 0.05) is 18.3 Å². The molecule has 1 amide bonds. The van der Waals surface area contributed by atoms with Crippen molar-refractivity contribution in [3.05, 3.63) is 87.9 Å². The molecule has 0 unspecified atom stereocenters. The second-order valence-corrected chi connectivity index (χ2v) is 7.77. The highest BCUT2D eigenvalue weighted by molar-refractivity contribution is 6.02. The van der Waals surface area contributed by atoms with E-state index in [-0.39, 0.29) is 29.7 Å². The third-order valence-electron chi connectivity index (χ3n) is 5.38. The van der Waals surface area contributed by atoms with E-state index in [1.165, 1.54) is 37.0 Å². The average Bonchev–Trinajstić information content (AvgIpc) is 3.29. The molecule has 0 radical (unpaired) electrons. The summed E-state index contributed by atoms with van der Waals surface area (Å²) in [4.78, 5) is 25.5. The molecule has 0 saturated carbocycles. The van der Waals surface area contributed by atoms with Crippen LogP contribution in [0.5, 0.6) is 5.75 Å². The molecule has 8 heteroatoms. The van der Waals surface area contributed by atoms with Gasteiger partial charge in [0.05, 0.1) is 4.92 Å². The molecule has 2 heterocycles. The van der Waals surface area contributed by atoms with Crippen molar-refractivity contribution < 1.29 is 18.9 Å². The fraction of sp³-hybridized carbons (Fsp3) is 0.292. The molecule has 1 aliphatic rings. The van der Waals surface area contributed by atoms with Crippen LogP contribution in [0.25, 0.3) is 0 Å². The van der Waals surface area contributed by atoms with Gasteiger partial charge in [-0.3, -0.25) is 19.8 Å². The lowest BCUT2D eigenvalue weighted by Gasteiger charge is -2.26. The van der Waals surface area contributed by atoms with Crippen LogP contribution in [0.15, 0.2) is 65.1 Å². The summed E-state index contributed by atoms with van der Waals surface area (Å²) in [5.74, 6) is 0.309. The first kappa shape index (κ1) is 21.6. The highest BCUT2D eigenvalue weighted by atomic mass is 16.6. The number of ether oxygens (including phenoxy) is 1. The lowest BCUT2D eigenvalue weighted by molar-refractivity contribution is -0.386. The van der Waals surface area contributed by atoms with Crippen LogP contribution in [0.3, 0.4) is 0 Å². The molecule has 3 aromatic rings. The van der Waals surface area contributed by atoms with Crippen molar-refractivity contribution in [2.24, 2.45) is 0 Å². The van der Waals surface area contributed by atoms with Gasteiger partial charge >= 0.3 is 5.69 Å². The Morgan fingerprint density at radius 3 is 2.53 bits per heavy atom. The summed E-state index contributed by atoms with van der Waals surface area (Å²) < 4.78 is 11.1. The molecule has 8 nitrogen and oxygen atoms in total. The lowest BCUT2D eigenvalue weighted by Crippen LogP contribution is -2.29. The Kier molecular flexibility index (Phi) is 6.81. The van der Waals surface area contributed by atoms with Crippen LogP contribution in [0.1, 0.15) is 41.1 Å². The number of rotatable bonds is 8. The van der Waals surface area contributed by atoms with Crippen LogP contribution < -0.4 is 10.1 Å². The maximum atomic E-state index is 12.5. The van der Waals surface area contributed by atoms with Crippen LogP contribution in [-0.4, -0.2) is 28.8 Å². The van der Waals surface area contributed by atoms with Crippen molar-refractivity contribution in [1.82, 2.24) is 4.90 Å². The summed E-state index contributed by atoms with van der Waals surface area (Å²) >= 11 is 0. The molecule has 1 N–H and O–H groups in total. The number of nitro groups is 1. The number of amides is 1. The SMILES string of the molecule is O=C(Nc1ccc(CN2CCCCC2)cc1)c1ccc(COc2ccccc2[N+](=O)[O-])o1. The van der Waals surface area contributed by atoms with Gasteiger partial charge in [0.25, 0.3) is 5.91 Å². The average molecular weight is 435 g/mol. The number of likely N-dealkylation sites (tertiary alicyclic amines) is 1. The summed E-state index contributed by atoms with van der Waals surface area (Å²) in [5, 5.41) is 13.9. The van der Waals surface area contributed by atoms with Crippen molar-refractivity contribution in [2.75, 3.05) is 18.4 Å². The van der Waals surface area contributed by atoms with Gasteiger partial charge in [-0.1, -0.05) is 30.7 Å². The number of carbonyl (C=O) groups excluding carboxylic acids is 1. The van der Waals surface area contributed by atoms with E-state index in [1.54, 1.807) is 24.3 Å². The summed E-state index contributed by atoms with van der Waals surface area (Å²) in [7, 11) is 0. The summed E-state index contributed by atoms with van der Waals surface area (Å²) in [5.41, 5.74) is 1.78. The highest BCUT2D eigenvalue weighted by Crippen LogP contribution is 2.27. The molecule has 166 valence electrons. The zero-order valence-corrected chi connectivity index (χ0v) is 17.7. The number of nitrogens with one attached hydrogen (secondary N) is 1. The highest BCUT2D eigenvalue weighted by Gasteiger charge is 2.16. The zero-order chi connectivity index (χ0) is 22.3. The predicted octanol–water partition coefficient (Wildman–Crippen LogP) is 5.01. The van der Waals surface area contributed by atoms with Crippen molar-refractivity contribution in [3.8, 4) is 5.75 Å². The minimum absolute atomic E-state index is 0.0245. The van der Waals surface area contributed by atoms with Crippen molar-refractivity contribution in [1.29, 1.82) is 0 Å².